The molecule has 2 rings (SSSR count). The van der Waals surface area contributed by atoms with Crippen LogP contribution in [0, 0.1) is 0 Å². The first-order valence-corrected chi connectivity index (χ1v) is 7.43. The van der Waals surface area contributed by atoms with E-state index in [0.717, 1.165) is 17.9 Å². The van der Waals surface area contributed by atoms with Gasteiger partial charge in [0.15, 0.2) is 12.4 Å². The van der Waals surface area contributed by atoms with Crippen molar-refractivity contribution in [2.75, 3.05) is 6.54 Å². The number of aromatic nitrogens is 2. The summed E-state index contributed by atoms with van der Waals surface area (Å²) in [5.74, 6) is 2.12. The van der Waals surface area contributed by atoms with E-state index in [9.17, 15) is 0 Å². The first kappa shape index (κ1) is 15.8. The molecule has 0 aliphatic rings. The fraction of sp³-hybridized carbons (Fsp3) is 0.467. The van der Waals surface area contributed by atoms with Gasteiger partial charge < -0.3 is 14.6 Å². The summed E-state index contributed by atoms with van der Waals surface area (Å²) in [6, 6.07) is 5.60. The molecule has 0 saturated heterocycles. The topological polar surface area (TPSA) is 60.2 Å². The highest BCUT2D eigenvalue weighted by Crippen LogP contribution is 2.27. The number of halogens is 1. The Morgan fingerprint density at radius 2 is 2.19 bits per heavy atom. The predicted octanol–water partition coefficient (Wildman–Crippen LogP) is 3.53. The van der Waals surface area contributed by atoms with Crippen LogP contribution in [0.5, 0.6) is 5.75 Å². The van der Waals surface area contributed by atoms with E-state index in [2.05, 4.69) is 15.5 Å². The van der Waals surface area contributed by atoms with Gasteiger partial charge in [0.25, 0.3) is 5.89 Å². The van der Waals surface area contributed by atoms with E-state index in [1.165, 1.54) is 0 Å². The summed E-state index contributed by atoms with van der Waals surface area (Å²) in [6.07, 6.45) is 0. The van der Waals surface area contributed by atoms with Crippen molar-refractivity contribution in [3.63, 3.8) is 0 Å². The van der Waals surface area contributed by atoms with Crippen LogP contribution < -0.4 is 10.1 Å². The molecule has 1 aromatic carbocycles. The normalized spacial score (nSPS) is 11.1. The third-order valence-corrected chi connectivity index (χ3v) is 3.33. The summed E-state index contributed by atoms with van der Waals surface area (Å²) in [7, 11) is 0. The van der Waals surface area contributed by atoms with Crippen molar-refractivity contribution in [2.45, 2.75) is 39.8 Å². The van der Waals surface area contributed by atoms with Gasteiger partial charge in [0.2, 0.25) is 0 Å². The average molecular weight is 310 g/mol. The molecule has 0 saturated carbocycles. The Kier molecular flexibility index (Phi) is 5.59. The summed E-state index contributed by atoms with van der Waals surface area (Å²) in [4.78, 5) is 4.29. The molecule has 21 heavy (non-hydrogen) atoms. The molecule has 1 heterocycles. The van der Waals surface area contributed by atoms with Gasteiger partial charge in [-0.3, -0.25) is 0 Å². The van der Waals surface area contributed by atoms with Gasteiger partial charge in [-0.2, -0.15) is 4.98 Å². The van der Waals surface area contributed by atoms with E-state index >= 15 is 0 Å². The van der Waals surface area contributed by atoms with Gasteiger partial charge in [0, 0.05) is 23.0 Å². The minimum Gasteiger partial charge on any atom is -0.483 e. The SMILES string of the molecule is CCNCc1c(Cl)cccc1OCc1nc(C(C)C)no1. The molecule has 0 bridgehead atoms. The molecule has 0 aliphatic carbocycles. The Bertz CT molecular complexity index is 584. The van der Waals surface area contributed by atoms with Crippen molar-refractivity contribution in [1.29, 1.82) is 0 Å². The largest absolute Gasteiger partial charge is 0.483 e. The molecule has 0 atom stereocenters. The minimum absolute atomic E-state index is 0.234. The molecule has 0 fully saturated rings. The first-order valence-electron chi connectivity index (χ1n) is 7.05. The van der Waals surface area contributed by atoms with Crippen molar-refractivity contribution in [3.05, 3.63) is 40.5 Å². The minimum atomic E-state index is 0.234. The molecule has 5 nitrogen and oxygen atoms in total. The lowest BCUT2D eigenvalue weighted by Crippen LogP contribution is -2.13. The molecule has 0 amide bonds. The fourth-order valence-electron chi connectivity index (χ4n) is 1.80. The van der Waals surface area contributed by atoms with E-state index in [4.69, 9.17) is 20.9 Å². The average Bonchev–Trinajstić information content (AvgIpc) is 2.93. The lowest BCUT2D eigenvalue weighted by molar-refractivity contribution is 0.240. The molecular weight excluding hydrogens is 290 g/mol. The number of hydrogen-bond acceptors (Lipinski definition) is 5. The number of rotatable bonds is 7. The van der Waals surface area contributed by atoms with Crippen molar-refractivity contribution < 1.29 is 9.26 Å². The van der Waals surface area contributed by atoms with Crippen molar-refractivity contribution in [2.24, 2.45) is 0 Å². The van der Waals surface area contributed by atoms with Crippen LogP contribution in [0.15, 0.2) is 22.7 Å². The summed E-state index contributed by atoms with van der Waals surface area (Å²) in [6.45, 7) is 7.84. The van der Waals surface area contributed by atoms with Gasteiger partial charge >= 0.3 is 0 Å². The Balaban J connectivity index is 2.06. The van der Waals surface area contributed by atoms with Crippen LogP contribution >= 0.6 is 11.6 Å². The van der Waals surface area contributed by atoms with Crippen LogP contribution in [0.3, 0.4) is 0 Å². The zero-order valence-corrected chi connectivity index (χ0v) is 13.3. The molecule has 6 heteroatoms. The summed E-state index contributed by atoms with van der Waals surface area (Å²) in [5, 5.41) is 7.84. The number of nitrogens with zero attached hydrogens (tertiary/aromatic N) is 2. The van der Waals surface area contributed by atoms with Gasteiger partial charge in [0.05, 0.1) is 0 Å². The summed E-state index contributed by atoms with van der Waals surface area (Å²) >= 11 is 6.22. The second kappa shape index (κ2) is 7.43. The molecule has 2 aromatic rings. The monoisotopic (exact) mass is 309 g/mol. The highest BCUT2D eigenvalue weighted by Gasteiger charge is 2.12. The van der Waals surface area contributed by atoms with E-state index in [-0.39, 0.29) is 12.5 Å². The Labute approximate surface area is 129 Å². The van der Waals surface area contributed by atoms with Crippen molar-refractivity contribution in [1.82, 2.24) is 15.5 Å². The molecule has 0 unspecified atom stereocenters. The fourth-order valence-corrected chi connectivity index (χ4v) is 2.03. The Hall–Kier alpha value is -1.59. The maximum atomic E-state index is 6.22. The third-order valence-electron chi connectivity index (χ3n) is 2.98. The summed E-state index contributed by atoms with van der Waals surface area (Å²) < 4.78 is 10.9. The number of benzene rings is 1. The maximum absolute atomic E-state index is 6.22. The second-order valence-electron chi connectivity index (χ2n) is 4.99. The van der Waals surface area contributed by atoms with Gasteiger partial charge in [-0.15, -0.1) is 0 Å². The van der Waals surface area contributed by atoms with Gasteiger partial charge in [-0.25, -0.2) is 0 Å². The van der Waals surface area contributed by atoms with Crippen molar-refractivity contribution in [3.8, 4) is 5.75 Å². The van der Waals surface area contributed by atoms with Gasteiger partial charge in [-0.05, 0) is 18.7 Å². The first-order chi connectivity index (χ1) is 10.1. The van der Waals surface area contributed by atoms with E-state index in [0.29, 0.717) is 23.3 Å². The van der Waals surface area contributed by atoms with Crippen LogP contribution in [0.4, 0.5) is 0 Å². The molecule has 0 spiro atoms. The zero-order chi connectivity index (χ0) is 15.2. The number of hydrogen-bond donors (Lipinski definition) is 1. The smallest absolute Gasteiger partial charge is 0.264 e. The maximum Gasteiger partial charge on any atom is 0.264 e. The predicted molar refractivity (Wildman–Crippen MR) is 81.6 cm³/mol. The Morgan fingerprint density at radius 3 is 2.86 bits per heavy atom. The molecule has 0 aliphatic heterocycles. The highest BCUT2D eigenvalue weighted by molar-refractivity contribution is 6.31. The molecular formula is C15H20ClN3O2. The van der Waals surface area contributed by atoms with Crippen LogP contribution in [-0.4, -0.2) is 16.7 Å². The van der Waals surface area contributed by atoms with Crippen LogP contribution in [0.25, 0.3) is 0 Å². The second-order valence-corrected chi connectivity index (χ2v) is 5.39. The molecule has 1 N–H and O–H groups in total. The number of ether oxygens (including phenoxy) is 1. The number of nitrogens with one attached hydrogen (secondary N) is 1. The lowest BCUT2D eigenvalue weighted by Gasteiger charge is -2.12. The van der Waals surface area contributed by atoms with Gasteiger partial charge in [-0.1, -0.05) is 43.6 Å². The third kappa shape index (κ3) is 4.19. The van der Waals surface area contributed by atoms with E-state index < -0.39 is 0 Å². The molecule has 0 radical (unpaired) electrons. The zero-order valence-electron chi connectivity index (χ0n) is 12.5. The lowest BCUT2D eigenvalue weighted by atomic mass is 10.2. The highest BCUT2D eigenvalue weighted by atomic mass is 35.5. The van der Waals surface area contributed by atoms with Crippen LogP contribution in [0.1, 0.15) is 44.0 Å². The molecule has 114 valence electrons. The standard InChI is InChI=1S/C15H20ClN3O2/c1-4-17-8-11-12(16)6-5-7-13(11)20-9-14-18-15(10(2)3)19-21-14/h5-7,10,17H,4,8-9H2,1-3H3. The van der Waals surface area contributed by atoms with Gasteiger partial charge in [0.1, 0.15) is 5.75 Å². The quantitative estimate of drug-likeness (QED) is 0.847. The van der Waals surface area contributed by atoms with Crippen molar-refractivity contribution >= 4 is 11.6 Å². The van der Waals surface area contributed by atoms with E-state index in [1.54, 1.807) is 0 Å². The van der Waals surface area contributed by atoms with E-state index in [1.807, 2.05) is 39.0 Å². The van der Waals surface area contributed by atoms with Crippen LogP contribution in [-0.2, 0) is 13.2 Å². The molecule has 1 aromatic heterocycles. The Morgan fingerprint density at radius 1 is 1.38 bits per heavy atom. The van der Waals surface area contributed by atoms with Crippen LogP contribution in [0.2, 0.25) is 5.02 Å². The summed E-state index contributed by atoms with van der Waals surface area (Å²) in [5.41, 5.74) is 0.935.